The Morgan fingerprint density at radius 1 is 1.14 bits per heavy atom. The first-order valence-electron chi connectivity index (χ1n) is 8.09. The van der Waals surface area contributed by atoms with Crippen molar-refractivity contribution in [2.75, 3.05) is 24.2 Å². The molecule has 0 radical (unpaired) electrons. The smallest absolute Gasteiger partial charge is 0.179 e. The maximum atomic E-state index is 11.9. The third-order valence-electron chi connectivity index (χ3n) is 4.58. The number of aromatic nitrogens is 1. The predicted octanol–water partition coefficient (Wildman–Crippen LogP) is 2.41. The molecule has 3 rings (SSSR count). The number of hydrogen-bond acceptors (Lipinski definition) is 5. The van der Waals surface area contributed by atoms with Crippen LogP contribution in [0.3, 0.4) is 0 Å². The van der Waals surface area contributed by atoms with Crippen molar-refractivity contribution in [1.82, 2.24) is 4.98 Å². The molecule has 0 spiro atoms. The number of piperidine rings is 1. The van der Waals surface area contributed by atoms with E-state index >= 15 is 0 Å². The highest BCUT2D eigenvalue weighted by atomic mass is 32.2. The maximum absolute atomic E-state index is 11.9. The lowest BCUT2D eigenvalue weighted by Crippen LogP contribution is -2.39. The molecule has 1 aliphatic carbocycles. The molecular formula is C16H24N2O3S. The Morgan fingerprint density at radius 2 is 1.77 bits per heavy atom. The molecule has 5 nitrogen and oxygen atoms in total. The van der Waals surface area contributed by atoms with Crippen LogP contribution in [0.4, 0.5) is 5.82 Å². The highest BCUT2D eigenvalue weighted by molar-refractivity contribution is 7.90. The number of anilines is 1. The number of pyridine rings is 1. The third kappa shape index (κ3) is 3.60. The molecule has 0 amide bonds. The Kier molecular flexibility index (Phi) is 4.68. The van der Waals surface area contributed by atoms with Gasteiger partial charge in [-0.15, -0.1) is 0 Å². The van der Waals surface area contributed by atoms with E-state index in [0.717, 1.165) is 25.9 Å². The van der Waals surface area contributed by atoms with Crippen LogP contribution in [0.2, 0.25) is 0 Å². The fourth-order valence-corrected chi connectivity index (χ4v) is 4.25. The molecule has 1 aliphatic heterocycles. The van der Waals surface area contributed by atoms with E-state index in [2.05, 4.69) is 9.88 Å². The Balaban J connectivity index is 1.64. The van der Waals surface area contributed by atoms with Gasteiger partial charge in [0.25, 0.3) is 0 Å². The first-order valence-corrected chi connectivity index (χ1v) is 9.98. The number of rotatable bonds is 4. The van der Waals surface area contributed by atoms with Gasteiger partial charge >= 0.3 is 0 Å². The summed E-state index contributed by atoms with van der Waals surface area (Å²) in [6.45, 7) is 1.60. The van der Waals surface area contributed by atoms with Gasteiger partial charge in [0.05, 0.1) is 12.2 Å². The van der Waals surface area contributed by atoms with E-state index in [4.69, 9.17) is 4.74 Å². The van der Waals surface area contributed by atoms with Crippen molar-refractivity contribution in [2.45, 2.75) is 55.6 Å². The van der Waals surface area contributed by atoms with Crippen LogP contribution in [0.1, 0.15) is 38.5 Å². The Labute approximate surface area is 132 Å². The van der Waals surface area contributed by atoms with E-state index in [0.29, 0.717) is 22.9 Å². The fraction of sp³-hybridized carbons (Fsp3) is 0.688. The lowest BCUT2D eigenvalue weighted by atomic mass is 10.1. The molecule has 0 aromatic carbocycles. The Hall–Kier alpha value is -1.14. The van der Waals surface area contributed by atoms with Crippen LogP contribution in [-0.2, 0) is 14.6 Å². The van der Waals surface area contributed by atoms with E-state index in [1.54, 1.807) is 18.3 Å². The normalized spacial score (nSPS) is 21.4. The second kappa shape index (κ2) is 6.54. The SMILES string of the molecule is CS(=O)(=O)c1cccnc1N1CCC(OC2CCCC2)CC1. The van der Waals surface area contributed by atoms with Crippen LogP contribution in [-0.4, -0.2) is 45.0 Å². The lowest BCUT2D eigenvalue weighted by molar-refractivity contribution is -0.0195. The van der Waals surface area contributed by atoms with Gasteiger partial charge in [0.1, 0.15) is 10.7 Å². The molecule has 1 aromatic rings. The number of ether oxygens (including phenoxy) is 1. The van der Waals surface area contributed by atoms with E-state index in [9.17, 15) is 8.42 Å². The van der Waals surface area contributed by atoms with Crippen molar-refractivity contribution in [2.24, 2.45) is 0 Å². The van der Waals surface area contributed by atoms with Crippen molar-refractivity contribution >= 4 is 15.7 Å². The molecule has 6 heteroatoms. The molecule has 0 unspecified atom stereocenters. The van der Waals surface area contributed by atoms with E-state index in [1.807, 2.05) is 0 Å². The zero-order valence-corrected chi connectivity index (χ0v) is 13.9. The molecule has 1 saturated carbocycles. The summed E-state index contributed by atoms with van der Waals surface area (Å²) in [5, 5.41) is 0. The molecule has 1 aromatic heterocycles. The van der Waals surface area contributed by atoms with Crippen molar-refractivity contribution in [3.8, 4) is 0 Å². The van der Waals surface area contributed by atoms with Gasteiger partial charge in [0.2, 0.25) is 0 Å². The summed E-state index contributed by atoms with van der Waals surface area (Å²) in [5.41, 5.74) is 0. The summed E-state index contributed by atoms with van der Waals surface area (Å²) in [6, 6.07) is 3.31. The molecule has 1 saturated heterocycles. The summed E-state index contributed by atoms with van der Waals surface area (Å²) in [7, 11) is -3.25. The first-order chi connectivity index (χ1) is 10.5. The average Bonchev–Trinajstić information content (AvgIpc) is 3.00. The zero-order chi connectivity index (χ0) is 15.6. The Bertz CT molecular complexity index is 604. The number of hydrogen-bond donors (Lipinski definition) is 0. The molecule has 122 valence electrons. The monoisotopic (exact) mass is 324 g/mol. The summed E-state index contributed by atoms with van der Waals surface area (Å²) in [6.07, 6.45) is 10.5. The molecule has 2 aliphatic rings. The van der Waals surface area contributed by atoms with Crippen LogP contribution in [0, 0.1) is 0 Å². The van der Waals surface area contributed by atoms with Crippen LogP contribution in [0.5, 0.6) is 0 Å². The second-order valence-corrected chi connectivity index (χ2v) is 8.31. The minimum Gasteiger partial charge on any atom is -0.375 e. The second-order valence-electron chi connectivity index (χ2n) is 6.33. The average molecular weight is 324 g/mol. The maximum Gasteiger partial charge on any atom is 0.179 e. The van der Waals surface area contributed by atoms with Crippen LogP contribution < -0.4 is 4.90 Å². The van der Waals surface area contributed by atoms with Gasteiger partial charge in [0, 0.05) is 25.5 Å². The topological polar surface area (TPSA) is 59.5 Å². The molecular weight excluding hydrogens is 300 g/mol. The van der Waals surface area contributed by atoms with Gasteiger partial charge in [-0.3, -0.25) is 0 Å². The quantitative estimate of drug-likeness (QED) is 0.851. The number of nitrogens with zero attached hydrogens (tertiary/aromatic N) is 2. The van der Waals surface area contributed by atoms with Gasteiger partial charge in [-0.25, -0.2) is 13.4 Å². The van der Waals surface area contributed by atoms with Gasteiger partial charge in [-0.2, -0.15) is 0 Å². The third-order valence-corrected chi connectivity index (χ3v) is 5.70. The highest BCUT2D eigenvalue weighted by Gasteiger charge is 2.27. The van der Waals surface area contributed by atoms with Crippen molar-refractivity contribution in [3.63, 3.8) is 0 Å². The van der Waals surface area contributed by atoms with Gasteiger partial charge in [0.15, 0.2) is 9.84 Å². The molecule has 0 atom stereocenters. The number of sulfone groups is 1. The summed E-state index contributed by atoms with van der Waals surface area (Å²) >= 11 is 0. The largest absolute Gasteiger partial charge is 0.375 e. The predicted molar refractivity (Wildman–Crippen MR) is 85.9 cm³/mol. The highest BCUT2D eigenvalue weighted by Crippen LogP contribution is 2.28. The van der Waals surface area contributed by atoms with Gasteiger partial charge < -0.3 is 9.64 Å². The minimum absolute atomic E-state index is 0.310. The van der Waals surface area contributed by atoms with E-state index < -0.39 is 9.84 Å². The minimum atomic E-state index is -3.25. The van der Waals surface area contributed by atoms with Crippen molar-refractivity contribution in [1.29, 1.82) is 0 Å². The van der Waals surface area contributed by atoms with Crippen LogP contribution in [0.15, 0.2) is 23.2 Å². The summed E-state index contributed by atoms with van der Waals surface area (Å²) in [5.74, 6) is 0.587. The molecule has 2 heterocycles. The molecule has 22 heavy (non-hydrogen) atoms. The van der Waals surface area contributed by atoms with Crippen molar-refractivity contribution in [3.05, 3.63) is 18.3 Å². The summed E-state index contributed by atoms with van der Waals surface area (Å²) < 4.78 is 30.0. The van der Waals surface area contributed by atoms with Gasteiger partial charge in [-0.1, -0.05) is 12.8 Å². The standard InChI is InChI=1S/C16H24N2O3S/c1-22(19,20)15-7-4-10-17-16(15)18-11-8-14(9-12-18)21-13-5-2-3-6-13/h4,7,10,13-14H,2-3,5-6,8-9,11-12H2,1H3. The first kappa shape index (κ1) is 15.7. The van der Waals surface area contributed by atoms with E-state index in [-0.39, 0.29) is 0 Å². The van der Waals surface area contributed by atoms with Gasteiger partial charge in [-0.05, 0) is 37.8 Å². The molecule has 0 bridgehead atoms. The lowest BCUT2D eigenvalue weighted by Gasteiger charge is -2.34. The molecule has 0 N–H and O–H groups in total. The Morgan fingerprint density at radius 3 is 2.41 bits per heavy atom. The van der Waals surface area contributed by atoms with E-state index in [1.165, 1.54) is 31.9 Å². The van der Waals surface area contributed by atoms with Crippen molar-refractivity contribution < 1.29 is 13.2 Å². The van der Waals surface area contributed by atoms with Crippen LogP contribution in [0.25, 0.3) is 0 Å². The van der Waals surface area contributed by atoms with Crippen LogP contribution >= 0.6 is 0 Å². The zero-order valence-electron chi connectivity index (χ0n) is 13.1. The fourth-order valence-electron chi connectivity index (χ4n) is 3.41. The summed E-state index contributed by atoms with van der Waals surface area (Å²) in [4.78, 5) is 6.70. The molecule has 2 fully saturated rings.